The zero-order valence-corrected chi connectivity index (χ0v) is 16.7. The minimum atomic E-state index is 0. The smallest absolute Gasteiger partial charge is 0.165 e. The number of nitrogens with two attached hydrogens (primary N) is 2. The Hall–Kier alpha value is -3.75. The van der Waals surface area contributed by atoms with Gasteiger partial charge in [-0.05, 0) is 42.0 Å². The number of aromatic amines is 1. The second-order valence-corrected chi connectivity index (χ2v) is 6.60. The predicted octanol–water partition coefficient (Wildman–Crippen LogP) is 3.34. The van der Waals surface area contributed by atoms with Crippen molar-refractivity contribution in [3.05, 3.63) is 72.7 Å². The monoisotopic (exact) mass is 418 g/mol. The molecule has 0 aliphatic rings. The van der Waals surface area contributed by atoms with E-state index < -0.39 is 0 Å². The van der Waals surface area contributed by atoms with Gasteiger partial charge in [-0.15, -0.1) is 12.4 Å². The molecule has 0 fully saturated rings. The number of aromatic nitrogens is 6. The summed E-state index contributed by atoms with van der Waals surface area (Å²) < 4.78 is 1.99. The molecule has 4 aromatic heterocycles. The molecule has 5 rings (SSSR count). The van der Waals surface area contributed by atoms with E-state index in [2.05, 4.69) is 15.2 Å². The van der Waals surface area contributed by atoms with E-state index in [1.165, 1.54) is 0 Å². The topological polar surface area (TPSA) is 124 Å². The van der Waals surface area contributed by atoms with Crippen molar-refractivity contribution in [1.29, 1.82) is 0 Å². The molecule has 0 bridgehead atoms. The average molecular weight is 419 g/mol. The van der Waals surface area contributed by atoms with Crippen LogP contribution in [-0.4, -0.2) is 29.7 Å². The van der Waals surface area contributed by atoms with Gasteiger partial charge in [0.25, 0.3) is 0 Å². The Labute approximate surface area is 178 Å². The van der Waals surface area contributed by atoms with E-state index in [0.717, 1.165) is 39.2 Å². The first-order valence-corrected chi connectivity index (χ1v) is 9.13. The number of hydrogen-bond acceptors (Lipinski definition) is 6. The molecule has 8 nitrogen and oxygen atoms in total. The third-order valence-electron chi connectivity index (χ3n) is 4.81. The summed E-state index contributed by atoms with van der Waals surface area (Å²) >= 11 is 0. The van der Waals surface area contributed by atoms with Crippen molar-refractivity contribution in [2.45, 2.75) is 6.54 Å². The van der Waals surface area contributed by atoms with E-state index in [9.17, 15) is 0 Å². The van der Waals surface area contributed by atoms with Crippen molar-refractivity contribution in [2.75, 3.05) is 5.73 Å². The van der Waals surface area contributed by atoms with Crippen molar-refractivity contribution >= 4 is 29.4 Å². The number of nitrogen functional groups attached to an aromatic ring is 1. The van der Waals surface area contributed by atoms with Gasteiger partial charge < -0.3 is 11.5 Å². The van der Waals surface area contributed by atoms with Gasteiger partial charge in [0.15, 0.2) is 11.5 Å². The fourth-order valence-electron chi connectivity index (χ4n) is 3.32. The van der Waals surface area contributed by atoms with Crippen LogP contribution in [0.25, 0.3) is 39.5 Å². The maximum Gasteiger partial charge on any atom is 0.165 e. The summed E-state index contributed by atoms with van der Waals surface area (Å²) in [5, 5.41) is 6.84. The van der Waals surface area contributed by atoms with Crippen molar-refractivity contribution in [1.82, 2.24) is 29.7 Å². The molecule has 5 aromatic rings. The highest BCUT2D eigenvalue weighted by molar-refractivity contribution is 5.85. The van der Waals surface area contributed by atoms with Crippen LogP contribution in [0.5, 0.6) is 0 Å². The number of halogens is 1. The van der Waals surface area contributed by atoms with Crippen molar-refractivity contribution in [2.24, 2.45) is 5.73 Å². The van der Waals surface area contributed by atoms with Crippen LogP contribution in [0.15, 0.2) is 67.1 Å². The number of imidazole rings is 1. The predicted molar refractivity (Wildman–Crippen MR) is 119 cm³/mol. The Morgan fingerprint density at radius 1 is 1.00 bits per heavy atom. The van der Waals surface area contributed by atoms with E-state index in [1.54, 1.807) is 12.4 Å². The lowest BCUT2D eigenvalue weighted by atomic mass is 10.2. The summed E-state index contributed by atoms with van der Waals surface area (Å²) in [7, 11) is 0. The molecule has 0 aliphatic carbocycles. The maximum absolute atomic E-state index is 6.16. The Morgan fingerprint density at radius 2 is 1.83 bits per heavy atom. The van der Waals surface area contributed by atoms with Crippen LogP contribution in [0.3, 0.4) is 0 Å². The summed E-state index contributed by atoms with van der Waals surface area (Å²) in [6.45, 7) is 0.482. The average Bonchev–Trinajstić information content (AvgIpc) is 3.42. The highest BCUT2D eigenvalue weighted by atomic mass is 35.5. The van der Waals surface area contributed by atoms with Crippen LogP contribution in [0.2, 0.25) is 0 Å². The van der Waals surface area contributed by atoms with E-state index >= 15 is 0 Å². The van der Waals surface area contributed by atoms with E-state index in [-0.39, 0.29) is 12.4 Å². The van der Waals surface area contributed by atoms with E-state index in [4.69, 9.17) is 21.4 Å². The summed E-state index contributed by atoms with van der Waals surface area (Å²) in [4.78, 5) is 13.9. The van der Waals surface area contributed by atoms with Gasteiger partial charge in [-0.3, -0.25) is 9.67 Å². The fourth-order valence-corrected chi connectivity index (χ4v) is 3.32. The summed E-state index contributed by atoms with van der Waals surface area (Å²) in [5.74, 6) is 1.10. The van der Waals surface area contributed by atoms with Crippen LogP contribution in [0.1, 0.15) is 5.56 Å². The van der Waals surface area contributed by atoms with Gasteiger partial charge in [0.1, 0.15) is 11.3 Å². The second kappa shape index (κ2) is 7.94. The van der Waals surface area contributed by atoms with Gasteiger partial charge in [0.2, 0.25) is 0 Å². The molecule has 30 heavy (non-hydrogen) atoms. The standard InChI is InChI=1S/C21H18N8.ClH/c22-10-13-3-5-15(6-4-13)29-20(16-2-1-9-24-19(16)23)28-18-8-7-17(27-21(18)29)14-11-25-26-12-14;/h1-9,11-12H,10,22H2,(H2,23,24)(H,25,26);1H. The Kier molecular flexibility index (Phi) is 5.18. The quantitative estimate of drug-likeness (QED) is 0.411. The zero-order valence-electron chi connectivity index (χ0n) is 15.9. The molecule has 150 valence electrons. The molecule has 0 spiro atoms. The van der Waals surface area contributed by atoms with Crippen LogP contribution >= 0.6 is 12.4 Å². The molecule has 4 heterocycles. The lowest BCUT2D eigenvalue weighted by molar-refractivity contribution is 1.05. The Bertz CT molecular complexity index is 1290. The van der Waals surface area contributed by atoms with E-state index in [1.807, 2.05) is 59.3 Å². The number of anilines is 1. The lowest BCUT2D eigenvalue weighted by Gasteiger charge is -2.11. The Morgan fingerprint density at radius 3 is 2.53 bits per heavy atom. The van der Waals surface area contributed by atoms with Crippen molar-refractivity contribution in [3.8, 4) is 28.3 Å². The van der Waals surface area contributed by atoms with Crippen LogP contribution in [-0.2, 0) is 6.54 Å². The molecule has 5 N–H and O–H groups in total. The minimum absolute atomic E-state index is 0. The molecule has 1 aromatic carbocycles. The number of pyridine rings is 2. The van der Waals surface area contributed by atoms with Crippen LogP contribution in [0, 0.1) is 0 Å². The number of fused-ring (bicyclic) bond motifs is 1. The molecule has 9 heteroatoms. The molecule has 0 saturated carbocycles. The molecular formula is C21H19ClN8. The van der Waals surface area contributed by atoms with Crippen LogP contribution < -0.4 is 11.5 Å². The molecule has 0 amide bonds. The summed E-state index contributed by atoms with van der Waals surface area (Å²) in [6.07, 6.45) is 5.22. The number of benzene rings is 1. The first-order chi connectivity index (χ1) is 14.2. The molecule has 0 atom stereocenters. The summed E-state index contributed by atoms with van der Waals surface area (Å²) in [6, 6.07) is 15.6. The normalized spacial score (nSPS) is 10.8. The molecular weight excluding hydrogens is 400 g/mol. The van der Waals surface area contributed by atoms with Crippen molar-refractivity contribution < 1.29 is 0 Å². The first-order valence-electron chi connectivity index (χ1n) is 9.13. The number of nitrogens with one attached hydrogen (secondary N) is 1. The number of H-pyrrole nitrogens is 1. The van der Waals surface area contributed by atoms with Gasteiger partial charge in [0.05, 0.1) is 17.5 Å². The summed E-state index contributed by atoms with van der Waals surface area (Å²) in [5.41, 5.74) is 17.8. The van der Waals surface area contributed by atoms with Gasteiger partial charge in [0, 0.05) is 30.2 Å². The third kappa shape index (κ3) is 3.28. The largest absolute Gasteiger partial charge is 0.383 e. The van der Waals surface area contributed by atoms with Gasteiger partial charge in [-0.2, -0.15) is 5.10 Å². The van der Waals surface area contributed by atoms with Crippen molar-refractivity contribution in [3.63, 3.8) is 0 Å². The number of rotatable bonds is 4. The van der Waals surface area contributed by atoms with Gasteiger partial charge in [-0.25, -0.2) is 15.0 Å². The maximum atomic E-state index is 6.16. The van der Waals surface area contributed by atoms with Crippen LogP contribution in [0.4, 0.5) is 5.82 Å². The highest BCUT2D eigenvalue weighted by Gasteiger charge is 2.18. The first kappa shape index (κ1) is 19.6. The zero-order chi connectivity index (χ0) is 19.8. The third-order valence-corrected chi connectivity index (χ3v) is 4.81. The fraction of sp³-hybridized carbons (Fsp3) is 0.0476. The van der Waals surface area contributed by atoms with E-state index in [0.29, 0.717) is 18.2 Å². The number of hydrogen-bond donors (Lipinski definition) is 3. The van der Waals surface area contributed by atoms with Gasteiger partial charge in [-0.1, -0.05) is 12.1 Å². The van der Waals surface area contributed by atoms with Gasteiger partial charge >= 0.3 is 0 Å². The molecule has 0 radical (unpaired) electrons. The Balaban J connectivity index is 0.00000218. The minimum Gasteiger partial charge on any atom is -0.383 e. The molecule has 0 saturated heterocycles. The number of nitrogens with zero attached hydrogens (tertiary/aromatic N) is 5. The second-order valence-electron chi connectivity index (χ2n) is 6.60. The lowest BCUT2D eigenvalue weighted by Crippen LogP contribution is -2.03. The molecule has 0 unspecified atom stereocenters. The molecule has 0 aliphatic heterocycles. The SMILES string of the molecule is Cl.NCc1ccc(-n2c(-c3cccnc3N)nc3ccc(-c4cn[nH]c4)nc32)cc1. The highest BCUT2D eigenvalue weighted by Crippen LogP contribution is 2.31.